The summed E-state index contributed by atoms with van der Waals surface area (Å²) in [6.07, 6.45) is 1.58. The van der Waals surface area contributed by atoms with Crippen LogP contribution in [0, 0.1) is 19.8 Å². The Labute approximate surface area is 145 Å². The van der Waals surface area contributed by atoms with E-state index in [1.165, 1.54) is 0 Å². The Morgan fingerprint density at radius 3 is 2.75 bits per heavy atom. The number of benzene rings is 1. The van der Waals surface area contributed by atoms with Gasteiger partial charge < -0.3 is 9.42 Å². The largest absolute Gasteiger partial charge is 0.361 e. The molecule has 1 aromatic carbocycles. The van der Waals surface area contributed by atoms with Crippen LogP contribution in [0.5, 0.6) is 0 Å². The fraction of sp³-hybridized carbons (Fsp3) is 0.389. The van der Waals surface area contributed by atoms with Crippen molar-refractivity contribution < 1.29 is 14.1 Å². The number of aryl methyl sites for hydroxylation is 2. The number of piperidine rings is 1. The van der Waals surface area contributed by atoms with Gasteiger partial charge in [0.1, 0.15) is 5.76 Å². The zero-order valence-electron chi connectivity index (χ0n) is 13.7. The first-order valence-corrected chi connectivity index (χ1v) is 8.36. The summed E-state index contributed by atoms with van der Waals surface area (Å²) < 4.78 is 4.97. The van der Waals surface area contributed by atoms with Crippen LogP contribution in [0.1, 0.15) is 45.0 Å². The van der Waals surface area contributed by atoms with Crippen molar-refractivity contribution in [3.8, 4) is 0 Å². The van der Waals surface area contributed by atoms with Gasteiger partial charge in [-0.2, -0.15) is 0 Å². The summed E-state index contributed by atoms with van der Waals surface area (Å²) in [7, 11) is 0. The molecule has 2 aromatic rings. The zero-order valence-corrected chi connectivity index (χ0v) is 14.5. The number of ketones is 1. The number of amides is 1. The third-order valence-electron chi connectivity index (χ3n) is 4.38. The van der Waals surface area contributed by atoms with E-state index >= 15 is 0 Å². The van der Waals surface area contributed by atoms with E-state index in [9.17, 15) is 9.59 Å². The van der Waals surface area contributed by atoms with Gasteiger partial charge in [0.2, 0.25) is 0 Å². The summed E-state index contributed by atoms with van der Waals surface area (Å²) in [6, 6.07) is 6.91. The number of halogens is 1. The number of aromatic nitrogens is 1. The Hall–Kier alpha value is -2.14. The molecule has 0 bridgehead atoms. The average Bonchev–Trinajstić information content (AvgIpc) is 3.00. The van der Waals surface area contributed by atoms with E-state index in [0.717, 1.165) is 18.4 Å². The van der Waals surface area contributed by atoms with Crippen molar-refractivity contribution in [2.75, 3.05) is 13.1 Å². The van der Waals surface area contributed by atoms with Gasteiger partial charge in [0, 0.05) is 35.7 Å². The smallest absolute Gasteiger partial charge is 0.276 e. The minimum atomic E-state index is -0.199. The second-order valence-corrected chi connectivity index (χ2v) is 6.67. The van der Waals surface area contributed by atoms with Crippen molar-refractivity contribution in [1.82, 2.24) is 10.1 Å². The molecule has 1 aliphatic rings. The Balaban J connectivity index is 1.75. The number of nitrogens with zero attached hydrogens (tertiary/aromatic N) is 2. The molecule has 1 fully saturated rings. The van der Waals surface area contributed by atoms with E-state index in [1.54, 1.807) is 36.1 Å². The molecule has 126 valence electrons. The second-order valence-electron chi connectivity index (χ2n) is 6.24. The molecule has 3 rings (SSSR count). The molecule has 0 spiro atoms. The number of rotatable bonds is 3. The lowest BCUT2D eigenvalue weighted by Crippen LogP contribution is -2.42. The van der Waals surface area contributed by atoms with Crippen LogP contribution in [0.25, 0.3) is 0 Å². The van der Waals surface area contributed by atoms with Crippen LogP contribution in [-0.2, 0) is 0 Å². The monoisotopic (exact) mass is 346 g/mol. The lowest BCUT2D eigenvalue weighted by atomic mass is 9.88. The molecule has 1 aliphatic heterocycles. The summed E-state index contributed by atoms with van der Waals surface area (Å²) in [5.74, 6) is 0.283. The third kappa shape index (κ3) is 3.36. The maximum absolute atomic E-state index is 12.8. The highest BCUT2D eigenvalue weighted by molar-refractivity contribution is 6.30. The van der Waals surface area contributed by atoms with Crippen molar-refractivity contribution in [2.45, 2.75) is 26.7 Å². The van der Waals surface area contributed by atoms with Gasteiger partial charge in [-0.15, -0.1) is 0 Å². The highest BCUT2D eigenvalue weighted by Crippen LogP contribution is 2.25. The molecule has 1 atom stereocenters. The molecule has 1 saturated heterocycles. The minimum Gasteiger partial charge on any atom is -0.361 e. The Kier molecular flexibility index (Phi) is 4.71. The quantitative estimate of drug-likeness (QED) is 0.795. The number of hydrogen-bond donors (Lipinski definition) is 0. The number of carbonyl (C=O) groups excluding carboxylic acids is 2. The molecule has 0 N–H and O–H groups in total. The van der Waals surface area contributed by atoms with Crippen molar-refractivity contribution in [3.63, 3.8) is 0 Å². The molecule has 1 amide bonds. The first-order valence-electron chi connectivity index (χ1n) is 7.98. The average molecular weight is 347 g/mol. The lowest BCUT2D eigenvalue weighted by molar-refractivity contribution is 0.0628. The molecule has 5 nitrogen and oxygen atoms in total. The SMILES string of the molecule is Cc1cc(C(=O)N2CCC[C@@H](C(=O)c3ccc(Cl)cc3C)C2)no1. The highest BCUT2D eigenvalue weighted by Gasteiger charge is 2.31. The summed E-state index contributed by atoms with van der Waals surface area (Å²) in [5.41, 5.74) is 1.84. The Morgan fingerprint density at radius 1 is 1.29 bits per heavy atom. The van der Waals surface area contributed by atoms with Crippen molar-refractivity contribution >= 4 is 23.3 Å². The predicted molar refractivity (Wildman–Crippen MR) is 90.4 cm³/mol. The van der Waals surface area contributed by atoms with E-state index in [-0.39, 0.29) is 17.6 Å². The topological polar surface area (TPSA) is 63.4 Å². The summed E-state index contributed by atoms with van der Waals surface area (Å²) in [6.45, 7) is 4.67. The number of carbonyl (C=O) groups is 2. The maximum atomic E-state index is 12.8. The third-order valence-corrected chi connectivity index (χ3v) is 4.62. The normalized spacial score (nSPS) is 17.8. The van der Waals surface area contributed by atoms with Gasteiger partial charge >= 0.3 is 0 Å². The zero-order chi connectivity index (χ0) is 17.3. The van der Waals surface area contributed by atoms with Crippen LogP contribution in [0.15, 0.2) is 28.8 Å². The predicted octanol–water partition coefficient (Wildman–Crippen LogP) is 3.68. The van der Waals surface area contributed by atoms with Crippen LogP contribution in [0.2, 0.25) is 5.02 Å². The number of hydrogen-bond acceptors (Lipinski definition) is 4. The maximum Gasteiger partial charge on any atom is 0.276 e. The van der Waals surface area contributed by atoms with E-state index in [0.29, 0.717) is 35.1 Å². The molecule has 0 saturated carbocycles. The second kappa shape index (κ2) is 6.77. The van der Waals surface area contributed by atoms with E-state index in [2.05, 4.69) is 5.16 Å². The van der Waals surface area contributed by atoms with Gasteiger partial charge in [0.25, 0.3) is 5.91 Å². The van der Waals surface area contributed by atoms with Crippen LogP contribution < -0.4 is 0 Å². The van der Waals surface area contributed by atoms with Crippen LogP contribution >= 0.6 is 11.6 Å². The fourth-order valence-electron chi connectivity index (χ4n) is 3.13. The molecule has 1 aromatic heterocycles. The number of Topliss-reactive ketones (excluding diaryl/α,β-unsaturated/α-hetero) is 1. The van der Waals surface area contributed by atoms with Gasteiger partial charge in [-0.1, -0.05) is 16.8 Å². The standard InChI is InChI=1S/C18H19ClN2O3/c1-11-8-14(19)5-6-15(11)17(22)13-4-3-7-21(10-13)18(23)16-9-12(2)24-20-16/h5-6,8-9,13H,3-4,7,10H2,1-2H3/t13-/m1/s1. The van der Waals surface area contributed by atoms with Gasteiger partial charge in [-0.05, 0) is 50.5 Å². The van der Waals surface area contributed by atoms with Crippen molar-refractivity contribution in [1.29, 1.82) is 0 Å². The molecule has 0 unspecified atom stereocenters. The van der Waals surface area contributed by atoms with Crippen molar-refractivity contribution in [2.24, 2.45) is 5.92 Å². The summed E-state index contributed by atoms with van der Waals surface area (Å²) >= 11 is 5.96. The Bertz CT molecular complexity index is 784. The van der Waals surface area contributed by atoms with Crippen molar-refractivity contribution in [3.05, 3.63) is 51.9 Å². The Morgan fingerprint density at radius 2 is 2.08 bits per heavy atom. The van der Waals surface area contributed by atoms with Gasteiger partial charge in [-0.25, -0.2) is 0 Å². The highest BCUT2D eigenvalue weighted by atomic mass is 35.5. The molecule has 24 heavy (non-hydrogen) atoms. The molecular weight excluding hydrogens is 328 g/mol. The lowest BCUT2D eigenvalue weighted by Gasteiger charge is -2.31. The van der Waals surface area contributed by atoms with E-state index in [4.69, 9.17) is 16.1 Å². The van der Waals surface area contributed by atoms with Crippen LogP contribution in [0.3, 0.4) is 0 Å². The molecular formula is C18H19ClN2O3. The van der Waals surface area contributed by atoms with Crippen LogP contribution in [-0.4, -0.2) is 34.8 Å². The summed E-state index contributed by atoms with van der Waals surface area (Å²) in [4.78, 5) is 27.0. The fourth-order valence-corrected chi connectivity index (χ4v) is 3.35. The molecule has 2 heterocycles. The molecule has 6 heteroatoms. The van der Waals surface area contributed by atoms with E-state index in [1.807, 2.05) is 6.92 Å². The summed E-state index contributed by atoms with van der Waals surface area (Å²) in [5, 5.41) is 4.39. The van der Waals surface area contributed by atoms with Gasteiger partial charge in [-0.3, -0.25) is 9.59 Å². The number of likely N-dealkylation sites (tertiary alicyclic amines) is 1. The van der Waals surface area contributed by atoms with Crippen LogP contribution in [0.4, 0.5) is 0 Å². The molecule has 0 aliphatic carbocycles. The molecule has 0 radical (unpaired) electrons. The van der Waals surface area contributed by atoms with Gasteiger partial charge in [0.15, 0.2) is 11.5 Å². The first kappa shape index (κ1) is 16.7. The van der Waals surface area contributed by atoms with E-state index < -0.39 is 0 Å². The van der Waals surface area contributed by atoms with Gasteiger partial charge in [0.05, 0.1) is 0 Å². The first-order chi connectivity index (χ1) is 11.5. The minimum absolute atomic E-state index is 0.0676.